The maximum atomic E-state index is 14.1. The third kappa shape index (κ3) is 4.42. The Morgan fingerprint density at radius 3 is 2.90 bits per heavy atom. The standard InChI is InChI=1S/C17H23BrFN/c1-2-10-20-17(11-13-6-4-3-5-7-13)15-12-14(18)8-9-16(15)19/h6,8-9,12,17,20H,2-5,7,10-11H2,1H3. The monoisotopic (exact) mass is 339 g/mol. The van der Waals surface area contributed by atoms with Crippen LogP contribution in [0.25, 0.3) is 0 Å². The van der Waals surface area contributed by atoms with Gasteiger partial charge in [0.1, 0.15) is 5.82 Å². The first-order valence-corrected chi connectivity index (χ1v) is 8.36. The van der Waals surface area contributed by atoms with E-state index < -0.39 is 0 Å². The van der Waals surface area contributed by atoms with Crippen LogP contribution in [-0.4, -0.2) is 6.54 Å². The Bertz CT molecular complexity index is 470. The smallest absolute Gasteiger partial charge is 0.128 e. The Morgan fingerprint density at radius 2 is 2.20 bits per heavy atom. The van der Waals surface area contributed by atoms with E-state index >= 15 is 0 Å². The summed E-state index contributed by atoms with van der Waals surface area (Å²) in [5.41, 5.74) is 2.25. The van der Waals surface area contributed by atoms with Crippen LogP contribution in [0, 0.1) is 5.82 Å². The van der Waals surface area contributed by atoms with Crippen LogP contribution in [0.4, 0.5) is 4.39 Å². The van der Waals surface area contributed by atoms with Crippen molar-refractivity contribution in [1.82, 2.24) is 5.32 Å². The summed E-state index contributed by atoms with van der Waals surface area (Å²) >= 11 is 3.45. The highest BCUT2D eigenvalue weighted by Crippen LogP contribution is 2.30. The van der Waals surface area contributed by atoms with Gasteiger partial charge in [-0.1, -0.05) is 34.5 Å². The van der Waals surface area contributed by atoms with Gasteiger partial charge in [-0.05, 0) is 63.3 Å². The minimum absolute atomic E-state index is 0.0804. The molecule has 0 saturated heterocycles. The highest BCUT2D eigenvalue weighted by molar-refractivity contribution is 9.10. The summed E-state index contributed by atoms with van der Waals surface area (Å²) in [6, 6.07) is 5.30. The summed E-state index contributed by atoms with van der Waals surface area (Å²) in [6.45, 7) is 3.06. The second-order valence-electron chi connectivity index (χ2n) is 5.48. The molecule has 1 aliphatic carbocycles. The topological polar surface area (TPSA) is 12.0 Å². The zero-order chi connectivity index (χ0) is 14.4. The molecule has 0 spiro atoms. The van der Waals surface area contributed by atoms with Gasteiger partial charge >= 0.3 is 0 Å². The van der Waals surface area contributed by atoms with E-state index in [0.717, 1.165) is 29.4 Å². The van der Waals surface area contributed by atoms with Gasteiger partial charge in [0.2, 0.25) is 0 Å². The lowest BCUT2D eigenvalue weighted by Crippen LogP contribution is -2.24. The molecular weight excluding hydrogens is 317 g/mol. The average molecular weight is 340 g/mol. The van der Waals surface area contributed by atoms with E-state index in [9.17, 15) is 4.39 Å². The van der Waals surface area contributed by atoms with Crippen LogP contribution in [0.2, 0.25) is 0 Å². The zero-order valence-electron chi connectivity index (χ0n) is 12.1. The van der Waals surface area contributed by atoms with Crippen LogP contribution < -0.4 is 5.32 Å². The molecule has 20 heavy (non-hydrogen) atoms. The third-order valence-electron chi connectivity index (χ3n) is 3.83. The Morgan fingerprint density at radius 1 is 1.35 bits per heavy atom. The van der Waals surface area contributed by atoms with Crippen LogP contribution in [0.15, 0.2) is 34.3 Å². The Kier molecular flexibility index (Phi) is 6.24. The average Bonchev–Trinajstić information content (AvgIpc) is 2.47. The van der Waals surface area contributed by atoms with E-state index in [1.807, 2.05) is 6.07 Å². The number of allylic oxidation sites excluding steroid dienone is 1. The van der Waals surface area contributed by atoms with Crippen molar-refractivity contribution < 1.29 is 4.39 Å². The molecule has 1 unspecified atom stereocenters. The number of benzene rings is 1. The highest BCUT2D eigenvalue weighted by Gasteiger charge is 2.18. The minimum Gasteiger partial charge on any atom is -0.310 e. The lowest BCUT2D eigenvalue weighted by Gasteiger charge is -2.23. The van der Waals surface area contributed by atoms with Crippen LogP contribution in [0.3, 0.4) is 0 Å². The highest BCUT2D eigenvalue weighted by atomic mass is 79.9. The van der Waals surface area contributed by atoms with Gasteiger partial charge in [0, 0.05) is 16.1 Å². The zero-order valence-corrected chi connectivity index (χ0v) is 13.7. The van der Waals surface area contributed by atoms with Gasteiger partial charge in [0.15, 0.2) is 0 Å². The lowest BCUT2D eigenvalue weighted by atomic mass is 9.91. The molecule has 0 saturated carbocycles. The maximum absolute atomic E-state index is 14.1. The van der Waals surface area contributed by atoms with Gasteiger partial charge in [-0.25, -0.2) is 4.39 Å². The molecule has 110 valence electrons. The molecule has 1 aromatic rings. The normalized spacial score (nSPS) is 16.9. The van der Waals surface area contributed by atoms with E-state index in [-0.39, 0.29) is 11.9 Å². The van der Waals surface area contributed by atoms with Gasteiger partial charge in [-0.3, -0.25) is 0 Å². The lowest BCUT2D eigenvalue weighted by molar-refractivity contribution is 0.485. The molecule has 0 aliphatic heterocycles. The van der Waals surface area contributed by atoms with E-state index in [1.165, 1.54) is 31.3 Å². The second kappa shape index (κ2) is 7.94. The first kappa shape index (κ1) is 15.7. The summed E-state index contributed by atoms with van der Waals surface area (Å²) in [5.74, 6) is -0.113. The van der Waals surface area contributed by atoms with Crippen LogP contribution >= 0.6 is 15.9 Å². The van der Waals surface area contributed by atoms with E-state index in [1.54, 1.807) is 12.1 Å². The van der Waals surface area contributed by atoms with Crippen molar-refractivity contribution in [3.05, 3.63) is 45.7 Å². The molecule has 1 aliphatic rings. The number of hydrogen-bond acceptors (Lipinski definition) is 1. The first-order chi connectivity index (χ1) is 9.70. The SMILES string of the molecule is CCCNC(CC1=CCCCC1)c1cc(Br)ccc1F. The van der Waals surface area contributed by atoms with Crippen molar-refractivity contribution >= 4 is 15.9 Å². The molecule has 3 heteroatoms. The van der Waals surface area contributed by atoms with E-state index in [4.69, 9.17) is 0 Å². The van der Waals surface area contributed by atoms with Gasteiger partial charge < -0.3 is 5.32 Å². The molecule has 0 fully saturated rings. The maximum Gasteiger partial charge on any atom is 0.128 e. The molecule has 0 radical (unpaired) electrons. The molecule has 1 nitrogen and oxygen atoms in total. The minimum atomic E-state index is -0.113. The fourth-order valence-corrected chi connectivity index (χ4v) is 3.12. The molecule has 0 bridgehead atoms. The van der Waals surface area contributed by atoms with Crippen molar-refractivity contribution in [2.75, 3.05) is 6.54 Å². The summed E-state index contributed by atoms with van der Waals surface area (Å²) in [6.07, 6.45) is 9.24. The first-order valence-electron chi connectivity index (χ1n) is 7.57. The van der Waals surface area contributed by atoms with Crippen LogP contribution in [0.5, 0.6) is 0 Å². The van der Waals surface area contributed by atoms with Crippen LogP contribution in [-0.2, 0) is 0 Å². The number of hydrogen-bond donors (Lipinski definition) is 1. The molecule has 2 rings (SSSR count). The molecule has 1 N–H and O–H groups in total. The number of halogens is 2. The summed E-state index contributed by atoms with van der Waals surface area (Å²) in [7, 11) is 0. The summed E-state index contributed by atoms with van der Waals surface area (Å²) < 4.78 is 15.1. The van der Waals surface area contributed by atoms with Gasteiger partial charge in [0.25, 0.3) is 0 Å². The molecule has 1 atom stereocenters. The molecule has 0 heterocycles. The van der Waals surface area contributed by atoms with Crippen molar-refractivity contribution in [1.29, 1.82) is 0 Å². The van der Waals surface area contributed by atoms with Gasteiger partial charge in [-0.15, -0.1) is 0 Å². The van der Waals surface area contributed by atoms with E-state index in [0.29, 0.717) is 0 Å². The quantitative estimate of drug-likeness (QED) is 0.673. The summed E-state index contributed by atoms with van der Waals surface area (Å²) in [4.78, 5) is 0. The Labute approximate surface area is 129 Å². The molecule has 0 aromatic heterocycles. The molecule has 0 amide bonds. The predicted molar refractivity (Wildman–Crippen MR) is 86.3 cm³/mol. The van der Waals surface area contributed by atoms with Gasteiger partial charge in [0.05, 0.1) is 0 Å². The molecule has 1 aromatic carbocycles. The van der Waals surface area contributed by atoms with Crippen molar-refractivity contribution in [3.8, 4) is 0 Å². The number of nitrogens with one attached hydrogen (secondary N) is 1. The van der Waals surface area contributed by atoms with Crippen LogP contribution in [0.1, 0.15) is 57.1 Å². The third-order valence-corrected chi connectivity index (χ3v) is 4.32. The Hall–Kier alpha value is -0.670. The fraction of sp³-hybridized carbons (Fsp3) is 0.529. The predicted octanol–water partition coefficient (Wildman–Crippen LogP) is 5.52. The largest absolute Gasteiger partial charge is 0.310 e. The second-order valence-corrected chi connectivity index (χ2v) is 6.40. The van der Waals surface area contributed by atoms with Crippen molar-refractivity contribution in [3.63, 3.8) is 0 Å². The molecular formula is C17H23BrFN. The van der Waals surface area contributed by atoms with Gasteiger partial charge in [-0.2, -0.15) is 0 Å². The van der Waals surface area contributed by atoms with Crippen molar-refractivity contribution in [2.45, 2.75) is 51.5 Å². The van der Waals surface area contributed by atoms with Crippen molar-refractivity contribution in [2.24, 2.45) is 0 Å². The summed E-state index contributed by atoms with van der Waals surface area (Å²) in [5, 5.41) is 3.50. The Balaban J connectivity index is 2.17. The van der Waals surface area contributed by atoms with E-state index in [2.05, 4.69) is 34.2 Å². The number of rotatable bonds is 6. The fourth-order valence-electron chi connectivity index (χ4n) is 2.74.